The van der Waals surface area contributed by atoms with E-state index in [0.717, 1.165) is 38.2 Å². The maximum absolute atomic E-state index is 9.77. The summed E-state index contributed by atoms with van der Waals surface area (Å²) in [5.74, 6) is 1.85. The van der Waals surface area contributed by atoms with Crippen LogP contribution in [0.3, 0.4) is 0 Å². The van der Waals surface area contributed by atoms with E-state index in [1.165, 1.54) is 11.1 Å². The lowest BCUT2D eigenvalue weighted by Gasteiger charge is -2.27. The number of hydrogen-bond donors (Lipinski definition) is 1. The van der Waals surface area contributed by atoms with E-state index in [0.29, 0.717) is 11.7 Å². The Labute approximate surface area is 171 Å². The summed E-state index contributed by atoms with van der Waals surface area (Å²) in [6.07, 6.45) is 2.22. The first kappa shape index (κ1) is 19.6. The Balaban J connectivity index is 1.38. The average molecular weight is 393 g/mol. The van der Waals surface area contributed by atoms with Gasteiger partial charge in [-0.3, -0.25) is 4.90 Å². The van der Waals surface area contributed by atoms with Gasteiger partial charge >= 0.3 is 0 Å². The number of benzene rings is 2. The number of aliphatic hydroxyl groups is 1. The van der Waals surface area contributed by atoms with E-state index >= 15 is 0 Å². The van der Waals surface area contributed by atoms with E-state index in [2.05, 4.69) is 51.4 Å². The van der Waals surface area contributed by atoms with Crippen LogP contribution in [0.4, 0.5) is 0 Å². The van der Waals surface area contributed by atoms with Crippen LogP contribution in [0.25, 0.3) is 0 Å². The zero-order valence-electron chi connectivity index (χ0n) is 16.8. The van der Waals surface area contributed by atoms with Crippen LogP contribution >= 0.6 is 0 Å². The van der Waals surface area contributed by atoms with E-state index in [9.17, 15) is 5.11 Å². The third-order valence-electron chi connectivity index (χ3n) is 5.37. The standard InChI is InChI=1S/C23H27N3O3/c1-18-24-22(25-29-18)15-28-21-9-7-20(8-10-21)14-26(16-23(17-27)11-12-23)13-19-5-3-2-4-6-19/h2-10,27H,11-17H2,1H3. The first-order chi connectivity index (χ1) is 14.1. The van der Waals surface area contributed by atoms with E-state index in [-0.39, 0.29) is 18.6 Å². The molecule has 0 atom stereocenters. The van der Waals surface area contributed by atoms with Crippen molar-refractivity contribution in [2.24, 2.45) is 5.41 Å². The molecule has 4 rings (SSSR count). The molecule has 1 aliphatic rings. The van der Waals surface area contributed by atoms with Crippen molar-refractivity contribution in [3.63, 3.8) is 0 Å². The molecule has 6 nitrogen and oxygen atoms in total. The van der Waals surface area contributed by atoms with Gasteiger partial charge in [0.1, 0.15) is 5.75 Å². The summed E-state index contributed by atoms with van der Waals surface area (Å²) in [5.41, 5.74) is 2.59. The fourth-order valence-electron chi connectivity index (χ4n) is 3.52. The first-order valence-corrected chi connectivity index (χ1v) is 10.0. The fourth-order valence-corrected chi connectivity index (χ4v) is 3.52. The minimum absolute atomic E-state index is 0.0839. The summed E-state index contributed by atoms with van der Waals surface area (Å²) < 4.78 is 10.7. The van der Waals surface area contributed by atoms with Gasteiger partial charge in [-0.25, -0.2) is 0 Å². The van der Waals surface area contributed by atoms with Crippen LogP contribution < -0.4 is 4.74 Å². The average Bonchev–Trinajstić information content (AvgIpc) is 3.39. The predicted molar refractivity (Wildman–Crippen MR) is 109 cm³/mol. The van der Waals surface area contributed by atoms with Gasteiger partial charge < -0.3 is 14.4 Å². The highest BCUT2D eigenvalue weighted by molar-refractivity contribution is 5.27. The van der Waals surface area contributed by atoms with Gasteiger partial charge in [-0.05, 0) is 36.1 Å². The summed E-state index contributed by atoms with van der Waals surface area (Å²) in [6.45, 7) is 4.93. The molecule has 0 unspecified atom stereocenters. The zero-order valence-corrected chi connectivity index (χ0v) is 16.8. The SMILES string of the molecule is Cc1nc(COc2ccc(CN(Cc3ccccc3)CC3(CO)CC3)cc2)no1. The van der Waals surface area contributed by atoms with Crippen molar-refractivity contribution in [1.29, 1.82) is 0 Å². The minimum Gasteiger partial charge on any atom is -0.485 e. The van der Waals surface area contributed by atoms with Crippen molar-refractivity contribution in [2.45, 2.75) is 39.5 Å². The Morgan fingerprint density at radius 3 is 2.31 bits per heavy atom. The number of aryl methyl sites for hydroxylation is 1. The van der Waals surface area contributed by atoms with Crippen LogP contribution in [0.1, 0.15) is 35.7 Å². The Hall–Kier alpha value is -2.70. The summed E-state index contributed by atoms with van der Waals surface area (Å²) in [5, 5.41) is 13.6. The van der Waals surface area contributed by atoms with Crippen molar-refractivity contribution in [3.05, 3.63) is 77.4 Å². The van der Waals surface area contributed by atoms with E-state index in [1.54, 1.807) is 6.92 Å². The Kier molecular flexibility index (Phi) is 5.92. The van der Waals surface area contributed by atoms with Gasteiger partial charge in [0.15, 0.2) is 6.61 Å². The Morgan fingerprint density at radius 1 is 1.03 bits per heavy atom. The highest BCUT2D eigenvalue weighted by Crippen LogP contribution is 2.46. The van der Waals surface area contributed by atoms with Crippen LogP contribution in [-0.2, 0) is 19.7 Å². The van der Waals surface area contributed by atoms with Gasteiger partial charge in [-0.1, -0.05) is 47.6 Å². The lowest BCUT2D eigenvalue weighted by atomic mass is 10.1. The highest BCUT2D eigenvalue weighted by atomic mass is 16.5. The minimum atomic E-state index is 0.0839. The van der Waals surface area contributed by atoms with Crippen LogP contribution in [0.2, 0.25) is 0 Å². The third kappa shape index (κ3) is 5.43. The predicted octanol–water partition coefficient (Wildman–Crippen LogP) is 3.73. The van der Waals surface area contributed by atoms with Gasteiger partial charge in [0.05, 0.1) is 0 Å². The van der Waals surface area contributed by atoms with Gasteiger partial charge in [0, 0.05) is 38.6 Å². The summed E-state index contributed by atoms with van der Waals surface area (Å²) in [7, 11) is 0. The summed E-state index contributed by atoms with van der Waals surface area (Å²) in [6, 6.07) is 18.6. The Bertz CT molecular complexity index is 905. The molecule has 0 radical (unpaired) electrons. The molecule has 0 saturated heterocycles. The van der Waals surface area contributed by atoms with E-state index < -0.39 is 0 Å². The van der Waals surface area contributed by atoms with Crippen LogP contribution in [0.5, 0.6) is 5.75 Å². The second-order valence-electron chi connectivity index (χ2n) is 7.95. The van der Waals surface area contributed by atoms with Crippen molar-refractivity contribution in [2.75, 3.05) is 13.2 Å². The molecule has 6 heteroatoms. The largest absolute Gasteiger partial charge is 0.485 e. The molecule has 0 aliphatic heterocycles. The molecule has 3 aromatic rings. The summed E-state index contributed by atoms with van der Waals surface area (Å²) >= 11 is 0. The molecular formula is C23H27N3O3. The molecule has 1 heterocycles. The molecule has 1 N–H and O–H groups in total. The lowest BCUT2D eigenvalue weighted by Crippen LogP contribution is -2.31. The smallest absolute Gasteiger partial charge is 0.223 e. The van der Waals surface area contributed by atoms with Crippen LogP contribution in [0.15, 0.2) is 59.1 Å². The fraction of sp³-hybridized carbons (Fsp3) is 0.391. The lowest BCUT2D eigenvalue weighted by molar-refractivity contribution is 0.139. The van der Waals surface area contributed by atoms with Crippen LogP contribution in [-0.4, -0.2) is 33.3 Å². The molecule has 1 saturated carbocycles. The topological polar surface area (TPSA) is 71.6 Å². The van der Waals surface area contributed by atoms with Gasteiger partial charge in [-0.2, -0.15) is 4.98 Å². The molecule has 0 amide bonds. The molecule has 1 aromatic heterocycles. The number of ether oxygens (including phenoxy) is 1. The second kappa shape index (κ2) is 8.76. The molecular weight excluding hydrogens is 366 g/mol. The number of aromatic nitrogens is 2. The van der Waals surface area contributed by atoms with Gasteiger partial charge in [0.2, 0.25) is 11.7 Å². The zero-order chi connectivity index (χ0) is 20.1. The van der Waals surface area contributed by atoms with Crippen molar-refractivity contribution >= 4 is 0 Å². The maximum atomic E-state index is 9.77. The maximum Gasteiger partial charge on any atom is 0.223 e. The van der Waals surface area contributed by atoms with Crippen molar-refractivity contribution in [3.8, 4) is 5.75 Å². The number of rotatable bonds is 10. The normalized spacial score (nSPS) is 14.9. The first-order valence-electron chi connectivity index (χ1n) is 10.0. The van der Waals surface area contributed by atoms with Crippen LogP contribution in [0, 0.1) is 12.3 Å². The molecule has 1 fully saturated rings. The molecule has 0 bridgehead atoms. The molecule has 152 valence electrons. The van der Waals surface area contributed by atoms with Gasteiger partial charge in [-0.15, -0.1) is 0 Å². The molecule has 1 aliphatic carbocycles. The van der Waals surface area contributed by atoms with E-state index in [4.69, 9.17) is 9.26 Å². The molecule has 0 spiro atoms. The second-order valence-corrected chi connectivity index (χ2v) is 7.95. The highest BCUT2D eigenvalue weighted by Gasteiger charge is 2.43. The molecule has 29 heavy (non-hydrogen) atoms. The van der Waals surface area contributed by atoms with Gasteiger partial charge in [0.25, 0.3) is 0 Å². The quantitative estimate of drug-likeness (QED) is 0.566. The number of nitrogens with zero attached hydrogens (tertiary/aromatic N) is 3. The van der Waals surface area contributed by atoms with Crippen molar-refractivity contribution in [1.82, 2.24) is 15.0 Å². The molecule has 2 aromatic carbocycles. The monoisotopic (exact) mass is 393 g/mol. The summed E-state index contributed by atoms with van der Waals surface area (Å²) in [4.78, 5) is 6.57. The third-order valence-corrected chi connectivity index (χ3v) is 5.37. The van der Waals surface area contributed by atoms with E-state index in [1.807, 2.05) is 18.2 Å². The Morgan fingerprint density at radius 2 is 1.72 bits per heavy atom. The number of hydrogen-bond acceptors (Lipinski definition) is 6. The van der Waals surface area contributed by atoms with Crippen molar-refractivity contribution < 1.29 is 14.4 Å². The number of aliphatic hydroxyl groups excluding tert-OH is 1.